The van der Waals surface area contributed by atoms with Gasteiger partial charge in [-0.1, -0.05) is 12.1 Å². The number of nitrogens with one attached hydrogen (secondary N) is 1. The van der Waals surface area contributed by atoms with Crippen molar-refractivity contribution < 1.29 is 19.4 Å². The standard InChI is InChI=1S/C18H22N2O4/c1-11-5-7-13-9-12(6-8-14(13)19-11)10-15(16(21)22)20-17(23)24-18(2,3)4/h5-9,15H,10H2,1-4H3,(H,20,23)(H,21,22)/t15-/m1/s1. The Balaban J connectivity index is 2.14. The van der Waals surface area contributed by atoms with Crippen molar-refractivity contribution >= 4 is 23.0 Å². The molecule has 0 radical (unpaired) electrons. The molecular weight excluding hydrogens is 308 g/mol. The lowest BCUT2D eigenvalue weighted by Gasteiger charge is -2.22. The Morgan fingerprint density at radius 1 is 1.25 bits per heavy atom. The van der Waals surface area contributed by atoms with Crippen molar-refractivity contribution in [3.63, 3.8) is 0 Å². The van der Waals surface area contributed by atoms with Crippen LogP contribution in [0.25, 0.3) is 10.9 Å². The molecule has 2 aromatic rings. The molecule has 1 amide bonds. The minimum atomic E-state index is -1.11. The molecule has 1 atom stereocenters. The Labute approximate surface area is 140 Å². The number of aromatic nitrogens is 1. The molecule has 0 saturated carbocycles. The summed E-state index contributed by atoms with van der Waals surface area (Å²) in [5.74, 6) is -1.11. The summed E-state index contributed by atoms with van der Waals surface area (Å²) in [6, 6.07) is 8.34. The fraction of sp³-hybridized carbons (Fsp3) is 0.389. The first-order valence-electron chi connectivity index (χ1n) is 7.73. The van der Waals surface area contributed by atoms with Gasteiger partial charge in [0.05, 0.1) is 5.52 Å². The zero-order valence-corrected chi connectivity index (χ0v) is 14.3. The zero-order chi connectivity index (χ0) is 17.9. The Morgan fingerprint density at radius 3 is 2.58 bits per heavy atom. The molecule has 2 N–H and O–H groups in total. The molecule has 0 fully saturated rings. The molecule has 0 unspecified atom stereocenters. The molecule has 0 bridgehead atoms. The number of hydrogen-bond donors (Lipinski definition) is 2. The van der Waals surface area contributed by atoms with Crippen LogP contribution in [-0.4, -0.2) is 33.8 Å². The lowest BCUT2D eigenvalue weighted by molar-refractivity contribution is -0.139. The van der Waals surface area contributed by atoms with Crippen molar-refractivity contribution in [1.82, 2.24) is 10.3 Å². The second-order valence-corrected chi connectivity index (χ2v) is 6.72. The van der Waals surface area contributed by atoms with E-state index >= 15 is 0 Å². The van der Waals surface area contributed by atoms with E-state index in [1.54, 1.807) is 20.8 Å². The number of alkyl carbamates (subject to hydrolysis) is 1. The van der Waals surface area contributed by atoms with Crippen molar-refractivity contribution in [2.24, 2.45) is 0 Å². The first-order valence-corrected chi connectivity index (χ1v) is 7.73. The third-order valence-corrected chi connectivity index (χ3v) is 3.32. The van der Waals surface area contributed by atoms with Crippen LogP contribution in [-0.2, 0) is 16.0 Å². The van der Waals surface area contributed by atoms with Crippen molar-refractivity contribution in [3.8, 4) is 0 Å². The third kappa shape index (κ3) is 4.94. The fourth-order valence-corrected chi connectivity index (χ4v) is 2.29. The van der Waals surface area contributed by atoms with Gasteiger partial charge in [0, 0.05) is 17.5 Å². The molecule has 1 aromatic carbocycles. The van der Waals surface area contributed by atoms with Crippen LogP contribution in [0.2, 0.25) is 0 Å². The van der Waals surface area contributed by atoms with E-state index < -0.39 is 23.7 Å². The number of pyridine rings is 1. The van der Waals surface area contributed by atoms with Gasteiger partial charge in [-0.2, -0.15) is 0 Å². The predicted molar refractivity (Wildman–Crippen MR) is 91.0 cm³/mol. The van der Waals surface area contributed by atoms with E-state index in [1.807, 2.05) is 37.3 Å². The second-order valence-electron chi connectivity index (χ2n) is 6.72. The molecule has 1 aromatic heterocycles. The summed E-state index contributed by atoms with van der Waals surface area (Å²) in [6.45, 7) is 7.08. The Bertz CT molecular complexity index is 765. The van der Waals surface area contributed by atoms with Crippen LogP contribution in [0.3, 0.4) is 0 Å². The van der Waals surface area contributed by atoms with E-state index in [1.165, 1.54) is 0 Å². The molecule has 1 heterocycles. The number of carboxylic acids is 1. The highest BCUT2D eigenvalue weighted by Gasteiger charge is 2.24. The van der Waals surface area contributed by atoms with Gasteiger partial charge in [-0.15, -0.1) is 0 Å². The van der Waals surface area contributed by atoms with Gasteiger partial charge in [0.1, 0.15) is 11.6 Å². The second kappa shape index (κ2) is 6.86. The third-order valence-electron chi connectivity index (χ3n) is 3.32. The average Bonchev–Trinajstić information content (AvgIpc) is 2.44. The van der Waals surface area contributed by atoms with Gasteiger partial charge in [0.15, 0.2) is 0 Å². The summed E-state index contributed by atoms with van der Waals surface area (Å²) >= 11 is 0. The van der Waals surface area contributed by atoms with Crippen LogP contribution in [0.5, 0.6) is 0 Å². The number of fused-ring (bicyclic) bond motifs is 1. The maximum absolute atomic E-state index is 11.8. The predicted octanol–water partition coefficient (Wildman–Crippen LogP) is 3.06. The number of aryl methyl sites for hydroxylation is 1. The van der Waals surface area contributed by atoms with Crippen LogP contribution >= 0.6 is 0 Å². The molecule has 0 aliphatic carbocycles. The summed E-state index contributed by atoms with van der Waals surface area (Å²) in [4.78, 5) is 27.7. The minimum absolute atomic E-state index is 0.165. The van der Waals surface area contributed by atoms with Crippen molar-refractivity contribution in [2.45, 2.75) is 45.8 Å². The molecule has 6 heteroatoms. The highest BCUT2D eigenvalue weighted by molar-refractivity contribution is 5.82. The fourth-order valence-electron chi connectivity index (χ4n) is 2.29. The Morgan fingerprint density at radius 2 is 1.96 bits per heavy atom. The van der Waals surface area contributed by atoms with E-state index in [0.717, 1.165) is 22.2 Å². The van der Waals surface area contributed by atoms with Gasteiger partial charge in [0.2, 0.25) is 0 Å². The summed E-state index contributed by atoms with van der Waals surface area (Å²) in [5.41, 5.74) is 1.90. The Hall–Kier alpha value is -2.63. The largest absolute Gasteiger partial charge is 0.480 e. The van der Waals surface area contributed by atoms with E-state index in [-0.39, 0.29) is 6.42 Å². The normalized spacial score (nSPS) is 12.7. The molecule has 0 aliphatic heterocycles. The molecule has 0 saturated heterocycles. The first-order chi connectivity index (χ1) is 11.1. The summed E-state index contributed by atoms with van der Waals surface area (Å²) < 4.78 is 5.12. The number of benzene rings is 1. The zero-order valence-electron chi connectivity index (χ0n) is 14.3. The van der Waals surface area contributed by atoms with Crippen LogP contribution in [0.15, 0.2) is 30.3 Å². The minimum Gasteiger partial charge on any atom is -0.480 e. The number of ether oxygens (including phenoxy) is 1. The van der Waals surface area contributed by atoms with Crippen LogP contribution < -0.4 is 5.32 Å². The van der Waals surface area contributed by atoms with Gasteiger partial charge in [-0.05, 0) is 51.5 Å². The molecule has 6 nitrogen and oxygen atoms in total. The van der Waals surface area contributed by atoms with Gasteiger partial charge >= 0.3 is 12.1 Å². The number of carbonyl (C=O) groups excluding carboxylic acids is 1. The lowest BCUT2D eigenvalue weighted by atomic mass is 10.0. The molecule has 2 rings (SSSR count). The topological polar surface area (TPSA) is 88.5 Å². The number of aliphatic carboxylic acids is 1. The molecule has 128 valence electrons. The van der Waals surface area contributed by atoms with Gasteiger partial charge in [-0.25, -0.2) is 9.59 Å². The molecule has 0 spiro atoms. The Kier molecular flexibility index (Phi) is 5.07. The monoisotopic (exact) mass is 330 g/mol. The number of nitrogens with zero attached hydrogens (tertiary/aromatic N) is 1. The van der Waals surface area contributed by atoms with E-state index in [2.05, 4.69) is 10.3 Å². The van der Waals surface area contributed by atoms with E-state index in [0.29, 0.717) is 0 Å². The highest BCUT2D eigenvalue weighted by Crippen LogP contribution is 2.16. The van der Waals surface area contributed by atoms with Crippen LogP contribution in [0, 0.1) is 6.92 Å². The van der Waals surface area contributed by atoms with Crippen LogP contribution in [0.1, 0.15) is 32.0 Å². The molecule has 24 heavy (non-hydrogen) atoms. The lowest BCUT2D eigenvalue weighted by Crippen LogP contribution is -2.44. The summed E-state index contributed by atoms with van der Waals surface area (Å²) in [5, 5.41) is 12.7. The maximum atomic E-state index is 11.8. The molecular formula is C18H22N2O4. The number of hydrogen-bond acceptors (Lipinski definition) is 4. The summed E-state index contributed by atoms with van der Waals surface area (Å²) in [6.07, 6.45) is -0.578. The van der Waals surface area contributed by atoms with Crippen molar-refractivity contribution in [2.75, 3.05) is 0 Å². The van der Waals surface area contributed by atoms with Gasteiger partial charge < -0.3 is 15.2 Å². The van der Waals surface area contributed by atoms with Gasteiger partial charge in [0.25, 0.3) is 0 Å². The molecule has 0 aliphatic rings. The number of amides is 1. The van der Waals surface area contributed by atoms with E-state index in [9.17, 15) is 14.7 Å². The first kappa shape index (κ1) is 17.7. The van der Waals surface area contributed by atoms with Crippen molar-refractivity contribution in [1.29, 1.82) is 0 Å². The maximum Gasteiger partial charge on any atom is 0.408 e. The number of carbonyl (C=O) groups is 2. The van der Waals surface area contributed by atoms with Gasteiger partial charge in [-0.3, -0.25) is 4.98 Å². The van der Waals surface area contributed by atoms with E-state index in [4.69, 9.17) is 4.74 Å². The van der Waals surface area contributed by atoms with Crippen molar-refractivity contribution in [3.05, 3.63) is 41.6 Å². The summed E-state index contributed by atoms with van der Waals surface area (Å²) in [7, 11) is 0. The SMILES string of the molecule is Cc1ccc2cc(C[C@@H](NC(=O)OC(C)(C)C)C(=O)O)ccc2n1. The van der Waals surface area contributed by atoms with Crippen LogP contribution in [0.4, 0.5) is 4.79 Å². The average molecular weight is 330 g/mol. The highest BCUT2D eigenvalue weighted by atomic mass is 16.6. The quantitative estimate of drug-likeness (QED) is 0.899. The number of carboxylic acid groups (broad SMARTS) is 1. The smallest absolute Gasteiger partial charge is 0.408 e. The number of rotatable bonds is 4.